The molecular weight excluding hydrogens is 178 g/mol. The van der Waals surface area contributed by atoms with E-state index in [0.717, 1.165) is 0 Å². The SMILES string of the molecule is CC(C)(C)Oc1ncc(N)cc1C#N. The summed E-state index contributed by atoms with van der Waals surface area (Å²) < 4.78 is 5.49. The fourth-order valence-electron chi connectivity index (χ4n) is 0.920. The van der Waals surface area contributed by atoms with Crippen molar-refractivity contribution in [3.8, 4) is 11.9 Å². The van der Waals surface area contributed by atoms with Gasteiger partial charge in [-0.2, -0.15) is 5.26 Å². The highest BCUT2D eigenvalue weighted by molar-refractivity contribution is 5.48. The Morgan fingerprint density at radius 1 is 1.50 bits per heavy atom. The van der Waals surface area contributed by atoms with Gasteiger partial charge in [-0.25, -0.2) is 4.98 Å². The molecule has 1 heterocycles. The Kier molecular flexibility index (Phi) is 2.61. The summed E-state index contributed by atoms with van der Waals surface area (Å²) >= 11 is 0. The molecule has 0 aromatic carbocycles. The molecule has 74 valence electrons. The average Bonchev–Trinajstić information content (AvgIpc) is 2.06. The van der Waals surface area contributed by atoms with E-state index in [9.17, 15) is 0 Å². The van der Waals surface area contributed by atoms with E-state index in [4.69, 9.17) is 15.7 Å². The number of hydrogen-bond acceptors (Lipinski definition) is 4. The van der Waals surface area contributed by atoms with Crippen LogP contribution in [-0.4, -0.2) is 10.6 Å². The van der Waals surface area contributed by atoms with E-state index >= 15 is 0 Å². The second-order valence-corrected chi connectivity index (χ2v) is 3.95. The number of aromatic nitrogens is 1. The second kappa shape index (κ2) is 3.54. The number of anilines is 1. The fraction of sp³-hybridized carbons (Fsp3) is 0.400. The van der Waals surface area contributed by atoms with Crippen molar-refractivity contribution in [1.82, 2.24) is 4.98 Å². The number of nitrogens with zero attached hydrogens (tertiary/aromatic N) is 2. The lowest BCUT2D eigenvalue weighted by Gasteiger charge is -2.20. The Bertz CT molecular complexity index is 374. The zero-order valence-corrected chi connectivity index (χ0v) is 8.53. The molecule has 0 atom stereocenters. The van der Waals surface area contributed by atoms with Gasteiger partial charge in [0.05, 0.1) is 11.9 Å². The largest absolute Gasteiger partial charge is 0.471 e. The predicted octanol–water partition coefficient (Wildman–Crippen LogP) is 1.71. The van der Waals surface area contributed by atoms with Crippen molar-refractivity contribution in [3.63, 3.8) is 0 Å². The molecule has 14 heavy (non-hydrogen) atoms. The molecule has 0 saturated heterocycles. The van der Waals surface area contributed by atoms with Crippen molar-refractivity contribution >= 4 is 5.69 Å². The van der Waals surface area contributed by atoms with E-state index in [-0.39, 0.29) is 5.60 Å². The van der Waals surface area contributed by atoms with Crippen molar-refractivity contribution in [1.29, 1.82) is 5.26 Å². The van der Waals surface area contributed by atoms with E-state index in [1.165, 1.54) is 6.20 Å². The summed E-state index contributed by atoms with van der Waals surface area (Å²) in [4.78, 5) is 3.96. The molecule has 2 N–H and O–H groups in total. The number of hydrogen-bond donors (Lipinski definition) is 1. The molecule has 0 aliphatic carbocycles. The highest BCUT2D eigenvalue weighted by Crippen LogP contribution is 2.21. The summed E-state index contributed by atoms with van der Waals surface area (Å²) in [6.07, 6.45) is 1.47. The van der Waals surface area contributed by atoms with Crippen molar-refractivity contribution < 1.29 is 4.74 Å². The first-order valence-corrected chi connectivity index (χ1v) is 4.27. The smallest absolute Gasteiger partial charge is 0.232 e. The van der Waals surface area contributed by atoms with E-state index in [0.29, 0.717) is 17.1 Å². The molecular formula is C10H13N3O. The summed E-state index contributed by atoms with van der Waals surface area (Å²) in [6, 6.07) is 3.54. The maximum atomic E-state index is 8.81. The van der Waals surface area contributed by atoms with Gasteiger partial charge in [-0.1, -0.05) is 0 Å². The van der Waals surface area contributed by atoms with Crippen molar-refractivity contribution in [2.24, 2.45) is 0 Å². The molecule has 0 aliphatic rings. The third-order valence-corrected chi connectivity index (χ3v) is 1.40. The van der Waals surface area contributed by atoms with E-state index in [1.54, 1.807) is 6.07 Å². The molecule has 0 spiro atoms. The van der Waals surface area contributed by atoms with Crippen LogP contribution in [0.5, 0.6) is 5.88 Å². The minimum absolute atomic E-state index is 0.328. The zero-order chi connectivity index (χ0) is 10.8. The van der Waals surface area contributed by atoms with Gasteiger partial charge < -0.3 is 10.5 Å². The van der Waals surface area contributed by atoms with Crippen LogP contribution >= 0.6 is 0 Å². The monoisotopic (exact) mass is 191 g/mol. The Morgan fingerprint density at radius 2 is 2.14 bits per heavy atom. The van der Waals surface area contributed by atoms with Crippen LogP contribution in [0, 0.1) is 11.3 Å². The third-order valence-electron chi connectivity index (χ3n) is 1.40. The molecule has 1 rings (SSSR count). The van der Waals surface area contributed by atoms with Crippen LogP contribution in [0.15, 0.2) is 12.3 Å². The summed E-state index contributed by atoms with van der Waals surface area (Å²) in [6.45, 7) is 5.69. The molecule has 1 aromatic rings. The number of pyridine rings is 1. The summed E-state index contributed by atoms with van der Waals surface area (Å²) in [5.41, 5.74) is 5.95. The van der Waals surface area contributed by atoms with Gasteiger partial charge in [0.15, 0.2) is 0 Å². The molecule has 0 bridgehead atoms. The Hall–Kier alpha value is -1.76. The third kappa shape index (κ3) is 2.63. The number of nitriles is 1. The molecule has 0 aliphatic heterocycles. The molecule has 4 nitrogen and oxygen atoms in total. The zero-order valence-electron chi connectivity index (χ0n) is 8.53. The molecule has 4 heteroatoms. The molecule has 0 fully saturated rings. The lowest BCUT2D eigenvalue weighted by atomic mass is 10.2. The summed E-state index contributed by atoms with van der Waals surface area (Å²) in [7, 11) is 0. The predicted molar refractivity (Wildman–Crippen MR) is 53.7 cm³/mol. The number of rotatable bonds is 1. The number of ether oxygens (including phenoxy) is 1. The van der Waals surface area contributed by atoms with Crippen LogP contribution in [-0.2, 0) is 0 Å². The van der Waals surface area contributed by atoms with E-state index in [1.807, 2.05) is 26.8 Å². The van der Waals surface area contributed by atoms with E-state index < -0.39 is 0 Å². The maximum absolute atomic E-state index is 8.81. The average molecular weight is 191 g/mol. The van der Waals surface area contributed by atoms with Gasteiger partial charge in [0.2, 0.25) is 5.88 Å². The summed E-state index contributed by atoms with van der Waals surface area (Å²) in [5.74, 6) is 0.328. The Balaban J connectivity index is 3.05. The minimum Gasteiger partial charge on any atom is -0.471 e. The minimum atomic E-state index is -0.366. The molecule has 0 unspecified atom stereocenters. The van der Waals surface area contributed by atoms with Gasteiger partial charge in [0.1, 0.15) is 17.2 Å². The van der Waals surface area contributed by atoms with Crippen LogP contribution in [0.4, 0.5) is 5.69 Å². The lowest BCUT2D eigenvalue weighted by molar-refractivity contribution is 0.123. The fourth-order valence-corrected chi connectivity index (χ4v) is 0.920. The lowest BCUT2D eigenvalue weighted by Crippen LogP contribution is -2.24. The van der Waals surface area contributed by atoms with Crippen LogP contribution in [0.2, 0.25) is 0 Å². The van der Waals surface area contributed by atoms with Crippen molar-refractivity contribution in [2.45, 2.75) is 26.4 Å². The van der Waals surface area contributed by atoms with Crippen LogP contribution in [0.25, 0.3) is 0 Å². The number of nitrogens with two attached hydrogens (primary N) is 1. The van der Waals surface area contributed by atoms with Gasteiger partial charge in [-0.3, -0.25) is 0 Å². The first kappa shape index (κ1) is 10.3. The van der Waals surface area contributed by atoms with Gasteiger partial charge in [0.25, 0.3) is 0 Å². The van der Waals surface area contributed by atoms with Gasteiger partial charge in [-0.15, -0.1) is 0 Å². The van der Waals surface area contributed by atoms with Gasteiger partial charge >= 0.3 is 0 Å². The number of nitrogen functional groups attached to an aromatic ring is 1. The van der Waals surface area contributed by atoms with Crippen molar-refractivity contribution in [3.05, 3.63) is 17.8 Å². The first-order valence-electron chi connectivity index (χ1n) is 4.27. The molecule has 0 amide bonds. The molecule has 0 saturated carbocycles. The topological polar surface area (TPSA) is 71.9 Å². The Morgan fingerprint density at radius 3 is 2.64 bits per heavy atom. The van der Waals surface area contributed by atoms with Crippen molar-refractivity contribution in [2.75, 3.05) is 5.73 Å². The first-order chi connectivity index (χ1) is 6.42. The van der Waals surface area contributed by atoms with Crippen LogP contribution in [0.1, 0.15) is 26.3 Å². The quantitative estimate of drug-likeness (QED) is 0.733. The molecule has 0 radical (unpaired) electrons. The highest BCUT2D eigenvalue weighted by Gasteiger charge is 2.15. The molecule has 1 aromatic heterocycles. The maximum Gasteiger partial charge on any atom is 0.232 e. The second-order valence-electron chi connectivity index (χ2n) is 3.95. The van der Waals surface area contributed by atoms with Gasteiger partial charge in [0, 0.05) is 0 Å². The normalized spacial score (nSPS) is 10.7. The van der Waals surface area contributed by atoms with Gasteiger partial charge in [-0.05, 0) is 26.8 Å². The highest BCUT2D eigenvalue weighted by atomic mass is 16.5. The standard InChI is InChI=1S/C10H13N3O/c1-10(2,3)14-9-7(5-11)4-8(12)6-13-9/h4,6H,12H2,1-3H3. The Labute approximate surface area is 83.3 Å². The van der Waals surface area contributed by atoms with Crippen LogP contribution in [0.3, 0.4) is 0 Å². The van der Waals surface area contributed by atoms with E-state index in [2.05, 4.69) is 4.98 Å². The summed E-state index contributed by atoms with van der Waals surface area (Å²) in [5, 5.41) is 8.81. The van der Waals surface area contributed by atoms with Crippen LogP contribution < -0.4 is 10.5 Å².